The number of carbonyl (C=O) groups is 1. The molecule has 0 atom stereocenters. The highest BCUT2D eigenvalue weighted by Crippen LogP contribution is 2.13. The number of Topliss-reactive ketones (excluding diaryl/α,β-unsaturated/α-hetero) is 1. The molecular formula is C18H13N3O3. The standard InChI is InChI=1S/C18H13N3O3/c1-10-7-8-14-13(9-10)18(24)20-15-6-4-3-5-12(15)17(23)21(20)16(19-14)11(2)22/h3-9H,1-2H3. The molecule has 0 N–H and O–H groups in total. The lowest BCUT2D eigenvalue weighted by Crippen LogP contribution is -2.23. The second-order valence-electron chi connectivity index (χ2n) is 5.76. The number of ketones is 1. The number of hydrogen-bond donors (Lipinski definition) is 0. The summed E-state index contributed by atoms with van der Waals surface area (Å²) in [5.74, 6) is -0.450. The van der Waals surface area contributed by atoms with Crippen LogP contribution in [0.4, 0.5) is 0 Å². The van der Waals surface area contributed by atoms with E-state index in [1.165, 1.54) is 11.4 Å². The third-order valence-electron chi connectivity index (χ3n) is 4.07. The van der Waals surface area contributed by atoms with E-state index >= 15 is 0 Å². The van der Waals surface area contributed by atoms with E-state index in [0.29, 0.717) is 21.8 Å². The van der Waals surface area contributed by atoms with Crippen molar-refractivity contribution in [2.45, 2.75) is 13.8 Å². The molecule has 0 fully saturated rings. The summed E-state index contributed by atoms with van der Waals surface area (Å²) in [7, 11) is 0. The number of rotatable bonds is 1. The number of hydrogen-bond acceptors (Lipinski definition) is 4. The van der Waals surface area contributed by atoms with Gasteiger partial charge < -0.3 is 0 Å². The molecule has 0 unspecified atom stereocenters. The molecule has 6 heteroatoms. The summed E-state index contributed by atoms with van der Waals surface area (Å²) in [6.07, 6.45) is 0. The van der Waals surface area contributed by atoms with Gasteiger partial charge in [0, 0.05) is 6.92 Å². The molecule has 2 aromatic heterocycles. The number of carbonyl (C=O) groups excluding carboxylic acids is 1. The topological polar surface area (TPSA) is 72.9 Å². The van der Waals surface area contributed by atoms with Crippen LogP contribution in [0.1, 0.15) is 23.1 Å². The molecule has 0 saturated carbocycles. The number of nitrogens with zero attached hydrogens (tertiary/aromatic N) is 3. The third kappa shape index (κ3) is 1.83. The molecule has 2 aromatic carbocycles. The van der Waals surface area contributed by atoms with E-state index in [1.807, 2.05) is 13.0 Å². The van der Waals surface area contributed by atoms with Crippen molar-refractivity contribution in [3.05, 3.63) is 74.6 Å². The van der Waals surface area contributed by atoms with Gasteiger partial charge in [-0.2, -0.15) is 4.52 Å². The van der Waals surface area contributed by atoms with Crippen LogP contribution in [0.15, 0.2) is 52.1 Å². The molecule has 0 spiro atoms. The smallest absolute Gasteiger partial charge is 0.281 e. The Kier molecular flexibility index (Phi) is 2.90. The van der Waals surface area contributed by atoms with Crippen LogP contribution in [0.3, 0.4) is 0 Å². The van der Waals surface area contributed by atoms with E-state index in [-0.39, 0.29) is 17.2 Å². The van der Waals surface area contributed by atoms with Crippen LogP contribution in [-0.2, 0) is 0 Å². The lowest BCUT2D eigenvalue weighted by atomic mass is 10.2. The second-order valence-corrected chi connectivity index (χ2v) is 5.76. The van der Waals surface area contributed by atoms with Gasteiger partial charge in [0.05, 0.1) is 21.8 Å². The summed E-state index contributed by atoms with van der Waals surface area (Å²) >= 11 is 0. The maximum absolute atomic E-state index is 13.1. The highest BCUT2D eigenvalue weighted by atomic mass is 16.2. The Morgan fingerprint density at radius 1 is 0.958 bits per heavy atom. The van der Waals surface area contributed by atoms with Crippen molar-refractivity contribution < 1.29 is 4.79 Å². The predicted octanol–water partition coefficient (Wildman–Crippen LogP) is 1.97. The Morgan fingerprint density at radius 2 is 1.67 bits per heavy atom. The number of para-hydroxylation sites is 1. The molecular weight excluding hydrogens is 306 g/mol. The van der Waals surface area contributed by atoms with Crippen LogP contribution in [-0.4, -0.2) is 19.8 Å². The first kappa shape index (κ1) is 14.3. The zero-order valence-electron chi connectivity index (χ0n) is 13.1. The molecule has 0 radical (unpaired) electrons. The summed E-state index contributed by atoms with van der Waals surface area (Å²) in [4.78, 5) is 42.3. The number of benzene rings is 2. The van der Waals surface area contributed by atoms with Crippen LogP contribution in [0.25, 0.3) is 21.8 Å². The minimum Gasteiger partial charge on any atom is -0.291 e. The SMILES string of the molecule is CC(=O)c1nc2ccc(C)cc2c(=O)n2c3ccccc3c(=O)n12. The van der Waals surface area contributed by atoms with E-state index in [4.69, 9.17) is 0 Å². The van der Waals surface area contributed by atoms with Gasteiger partial charge in [-0.05, 0) is 31.2 Å². The van der Waals surface area contributed by atoms with E-state index in [0.717, 1.165) is 10.1 Å². The average molecular weight is 319 g/mol. The van der Waals surface area contributed by atoms with Crippen LogP contribution in [0, 0.1) is 6.92 Å². The minimum atomic E-state index is -0.433. The van der Waals surface area contributed by atoms with Gasteiger partial charge in [0.1, 0.15) is 0 Å². The summed E-state index contributed by atoms with van der Waals surface area (Å²) in [5.41, 5.74) is 0.921. The number of aromatic nitrogens is 3. The number of aryl methyl sites for hydroxylation is 1. The van der Waals surface area contributed by atoms with Crippen molar-refractivity contribution in [1.82, 2.24) is 14.0 Å². The molecule has 6 nitrogen and oxygen atoms in total. The first-order valence-electron chi connectivity index (χ1n) is 7.47. The van der Waals surface area contributed by atoms with E-state index in [1.54, 1.807) is 36.4 Å². The van der Waals surface area contributed by atoms with Crippen LogP contribution in [0.5, 0.6) is 0 Å². The Labute approximate surface area is 135 Å². The fraction of sp³-hybridized carbons (Fsp3) is 0.111. The molecule has 0 bridgehead atoms. The predicted molar refractivity (Wildman–Crippen MR) is 90.9 cm³/mol. The van der Waals surface area contributed by atoms with Crippen molar-refractivity contribution in [2.75, 3.05) is 0 Å². The lowest BCUT2D eigenvalue weighted by molar-refractivity contribution is 0.1000. The van der Waals surface area contributed by atoms with Gasteiger partial charge in [0.2, 0.25) is 0 Å². The fourth-order valence-corrected chi connectivity index (χ4v) is 2.97. The van der Waals surface area contributed by atoms with Gasteiger partial charge in [-0.25, -0.2) is 9.50 Å². The monoisotopic (exact) mass is 319 g/mol. The van der Waals surface area contributed by atoms with Gasteiger partial charge in [0.15, 0.2) is 11.6 Å². The largest absolute Gasteiger partial charge is 0.291 e. The lowest BCUT2D eigenvalue weighted by Gasteiger charge is -1.95. The van der Waals surface area contributed by atoms with E-state index in [2.05, 4.69) is 4.98 Å². The molecule has 2 heterocycles. The molecule has 0 aliphatic rings. The summed E-state index contributed by atoms with van der Waals surface area (Å²) in [5, 5.41) is 0.733. The molecule has 4 rings (SSSR count). The van der Waals surface area contributed by atoms with Gasteiger partial charge in [-0.1, -0.05) is 23.8 Å². The Balaban J connectivity index is 2.49. The van der Waals surface area contributed by atoms with Gasteiger partial charge in [-0.3, -0.25) is 14.4 Å². The van der Waals surface area contributed by atoms with Crippen molar-refractivity contribution in [3.8, 4) is 0 Å². The van der Waals surface area contributed by atoms with Gasteiger partial charge in [-0.15, -0.1) is 0 Å². The summed E-state index contributed by atoms with van der Waals surface area (Å²) in [6.45, 7) is 3.20. The Morgan fingerprint density at radius 3 is 2.42 bits per heavy atom. The highest BCUT2D eigenvalue weighted by molar-refractivity contribution is 5.93. The maximum atomic E-state index is 13.1. The quantitative estimate of drug-likeness (QED) is 0.503. The van der Waals surface area contributed by atoms with Crippen LogP contribution >= 0.6 is 0 Å². The average Bonchev–Trinajstić information content (AvgIpc) is 2.78. The first-order chi connectivity index (χ1) is 11.5. The molecule has 24 heavy (non-hydrogen) atoms. The van der Waals surface area contributed by atoms with Gasteiger partial charge in [0.25, 0.3) is 11.1 Å². The number of fused-ring (bicyclic) bond motifs is 4. The van der Waals surface area contributed by atoms with Crippen LogP contribution < -0.4 is 11.1 Å². The fourth-order valence-electron chi connectivity index (χ4n) is 2.97. The van der Waals surface area contributed by atoms with Crippen LogP contribution in [0.2, 0.25) is 0 Å². The molecule has 0 aliphatic heterocycles. The Hall–Kier alpha value is -3.28. The molecule has 0 aliphatic carbocycles. The van der Waals surface area contributed by atoms with Crippen molar-refractivity contribution in [2.24, 2.45) is 0 Å². The zero-order valence-corrected chi connectivity index (χ0v) is 13.1. The third-order valence-corrected chi connectivity index (χ3v) is 4.07. The summed E-state index contributed by atoms with van der Waals surface area (Å²) < 4.78 is 2.31. The Bertz CT molecular complexity index is 1280. The summed E-state index contributed by atoms with van der Waals surface area (Å²) in [6, 6.07) is 12.0. The van der Waals surface area contributed by atoms with Gasteiger partial charge >= 0.3 is 0 Å². The second kappa shape index (κ2) is 4.86. The van der Waals surface area contributed by atoms with Crippen molar-refractivity contribution >= 4 is 27.6 Å². The first-order valence-corrected chi connectivity index (χ1v) is 7.47. The van der Waals surface area contributed by atoms with Crippen molar-refractivity contribution in [3.63, 3.8) is 0 Å². The minimum absolute atomic E-state index is 0.0628. The molecule has 4 aromatic rings. The maximum Gasteiger partial charge on any atom is 0.281 e. The molecule has 118 valence electrons. The van der Waals surface area contributed by atoms with E-state index < -0.39 is 5.56 Å². The normalized spacial score (nSPS) is 11.4. The molecule has 0 saturated heterocycles. The zero-order chi connectivity index (χ0) is 17.0. The van der Waals surface area contributed by atoms with Crippen molar-refractivity contribution in [1.29, 1.82) is 0 Å². The highest BCUT2D eigenvalue weighted by Gasteiger charge is 2.17. The van der Waals surface area contributed by atoms with E-state index in [9.17, 15) is 14.4 Å². The molecule has 0 amide bonds.